The highest BCUT2D eigenvalue weighted by atomic mass is 16.5. The SMILES string of the molecule is COc1ccc(CN(Cc2ccc(C(O)(c3ccc(OC)cc3)c3ccc(OC)cc3)o2)C[C@H]2CCCO2)cc1. The fraction of sp³-hybridized carbons (Fsp3) is 0.333. The van der Waals surface area contributed by atoms with Crippen molar-refractivity contribution in [3.05, 3.63) is 113 Å². The molecule has 7 heteroatoms. The van der Waals surface area contributed by atoms with Gasteiger partial charge < -0.3 is 28.5 Å². The third-order valence-corrected chi connectivity index (χ3v) is 7.46. The highest BCUT2D eigenvalue weighted by Crippen LogP contribution is 2.39. The predicted molar refractivity (Wildman–Crippen MR) is 153 cm³/mol. The highest BCUT2D eigenvalue weighted by Gasteiger charge is 2.37. The predicted octanol–water partition coefficient (Wildman–Crippen LogP) is 5.77. The molecule has 3 aromatic carbocycles. The highest BCUT2D eigenvalue weighted by molar-refractivity contribution is 5.46. The van der Waals surface area contributed by atoms with Crippen molar-refractivity contribution < 1.29 is 28.5 Å². The van der Waals surface area contributed by atoms with E-state index in [1.165, 1.54) is 5.56 Å². The summed E-state index contributed by atoms with van der Waals surface area (Å²) >= 11 is 0. The smallest absolute Gasteiger partial charge is 0.173 e. The van der Waals surface area contributed by atoms with Crippen LogP contribution < -0.4 is 14.2 Å². The minimum absolute atomic E-state index is 0.197. The van der Waals surface area contributed by atoms with Gasteiger partial charge in [0.2, 0.25) is 0 Å². The third kappa shape index (κ3) is 6.17. The van der Waals surface area contributed by atoms with Crippen LogP contribution in [0, 0.1) is 0 Å². The molecule has 1 N–H and O–H groups in total. The summed E-state index contributed by atoms with van der Waals surface area (Å²) < 4.78 is 28.4. The van der Waals surface area contributed by atoms with Crippen molar-refractivity contribution in [2.45, 2.75) is 37.6 Å². The lowest BCUT2D eigenvalue weighted by molar-refractivity contribution is 0.0630. The number of methoxy groups -OCH3 is 3. The van der Waals surface area contributed by atoms with Crippen LogP contribution in [0.5, 0.6) is 17.2 Å². The van der Waals surface area contributed by atoms with Gasteiger partial charge in [-0.3, -0.25) is 4.90 Å². The van der Waals surface area contributed by atoms with E-state index < -0.39 is 5.60 Å². The Morgan fingerprint density at radius 1 is 0.750 bits per heavy atom. The van der Waals surface area contributed by atoms with Crippen LogP contribution in [0.3, 0.4) is 0 Å². The van der Waals surface area contributed by atoms with Crippen molar-refractivity contribution >= 4 is 0 Å². The van der Waals surface area contributed by atoms with Crippen LogP contribution in [0.4, 0.5) is 0 Å². The number of nitrogens with zero attached hydrogens (tertiary/aromatic N) is 1. The topological polar surface area (TPSA) is 73.5 Å². The number of hydrogen-bond acceptors (Lipinski definition) is 7. The summed E-state index contributed by atoms with van der Waals surface area (Å²) in [6.45, 7) is 2.92. The molecule has 1 aromatic heterocycles. The fourth-order valence-corrected chi connectivity index (χ4v) is 5.24. The largest absolute Gasteiger partial charge is 0.497 e. The normalized spacial score (nSPS) is 15.4. The summed E-state index contributed by atoms with van der Waals surface area (Å²) in [6.07, 6.45) is 2.34. The van der Waals surface area contributed by atoms with E-state index in [2.05, 4.69) is 17.0 Å². The Bertz CT molecular complexity index is 1290. The lowest BCUT2D eigenvalue weighted by Gasteiger charge is -2.28. The molecule has 0 spiro atoms. The Morgan fingerprint density at radius 3 is 1.80 bits per heavy atom. The first-order valence-electron chi connectivity index (χ1n) is 13.6. The van der Waals surface area contributed by atoms with Gasteiger partial charge in [-0.1, -0.05) is 36.4 Å². The molecule has 7 nitrogen and oxygen atoms in total. The fourth-order valence-electron chi connectivity index (χ4n) is 5.24. The van der Waals surface area contributed by atoms with Crippen molar-refractivity contribution in [1.82, 2.24) is 4.90 Å². The zero-order valence-electron chi connectivity index (χ0n) is 23.3. The maximum atomic E-state index is 12.3. The minimum Gasteiger partial charge on any atom is -0.497 e. The van der Waals surface area contributed by atoms with Gasteiger partial charge in [0.1, 0.15) is 28.8 Å². The molecule has 4 aromatic rings. The van der Waals surface area contributed by atoms with Crippen molar-refractivity contribution in [2.75, 3.05) is 34.5 Å². The number of aliphatic hydroxyl groups is 1. The first-order chi connectivity index (χ1) is 19.5. The lowest BCUT2D eigenvalue weighted by atomic mass is 9.84. The monoisotopic (exact) mass is 543 g/mol. The van der Waals surface area contributed by atoms with Gasteiger partial charge in [-0.2, -0.15) is 0 Å². The molecule has 1 aliphatic heterocycles. The maximum absolute atomic E-state index is 12.3. The second-order valence-corrected chi connectivity index (χ2v) is 10.1. The van der Waals surface area contributed by atoms with E-state index in [1.54, 1.807) is 21.3 Å². The quantitative estimate of drug-likeness (QED) is 0.243. The van der Waals surface area contributed by atoms with Crippen LogP contribution in [-0.2, 0) is 23.4 Å². The molecular weight excluding hydrogens is 506 g/mol. The van der Waals surface area contributed by atoms with Crippen LogP contribution in [0.2, 0.25) is 0 Å². The molecule has 0 bridgehead atoms. The standard InChI is InChI=1S/C33H37NO6/c1-36-27-12-6-24(7-13-27)21-34(22-30-5-4-20-39-30)23-31-18-19-32(40-31)33(35,25-8-14-28(37-2)15-9-25)26-10-16-29(38-3)17-11-26/h6-19,30,35H,4-5,20-23H2,1-3H3/t30-/m1/s1. The van der Waals surface area contributed by atoms with E-state index in [0.717, 1.165) is 44.0 Å². The van der Waals surface area contributed by atoms with Crippen LogP contribution in [0.15, 0.2) is 89.3 Å². The molecular formula is C33H37NO6. The third-order valence-electron chi connectivity index (χ3n) is 7.46. The van der Waals surface area contributed by atoms with Crippen LogP contribution in [0.25, 0.3) is 0 Å². The minimum atomic E-state index is -1.51. The van der Waals surface area contributed by atoms with Crippen LogP contribution >= 0.6 is 0 Å². The maximum Gasteiger partial charge on any atom is 0.173 e. The van der Waals surface area contributed by atoms with Crippen LogP contribution in [-0.4, -0.2) is 50.6 Å². The van der Waals surface area contributed by atoms with Gasteiger partial charge in [-0.15, -0.1) is 0 Å². The Labute approximate surface area is 235 Å². The first-order valence-corrected chi connectivity index (χ1v) is 13.6. The summed E-state index contributed by atoms with van der Waals surface area (Å²) in [7, 11) is 4.92. The lowest BCUT2D eigenvalue weighted by Crippen LogP contribution is -2.31. The molecule has 0 saturated carbocycles. The van der Waals surface area contributed by atoms with Gasteiger partial charge in [0.25, 0.3) is 0 Å². The Morgan fingerprint density at radius 2 is 1.30 bits per heavy atom. The molecule has 2 heterocycles. The van der Waals surface area contributed by atoms with E-state index in [4.69, 9.17) is 23.4 Å². The van der Waals surface area contributed by atoms with Gasteiger partial charge in [0.15, 0.2) is 5.60 Å². The van der Waals surface area contributed by atoms with Gasteiger partial charge in [0.05, 0.1) is 34.0 Å². The molecule has 1 aliphatic rings. The Hall–Kier alpha value is -3.78. The molecule has 1 saturated heterocycles. The van der Waals surface area contributed by atoms with Crippen LogP contribution in [0.1, 0.15) is 41.1 Å². The number of furan rings is 1. The van der Waals surface area contributed by atoms with E-state index in [9.17, 15) is 5.11 Å². The second kappa shape index (κ2) is 12.6. The Balaban J connectivity index is 1.44. The van der Waals surface area contributed by atoms with E-state index in [-0.39, 0.29) is 6.10 Å². The second-order valence-electron chi connectivity index (χ2n) is 10.1. The summed E-state index contributed by atoms with van der Waals surface area (Å²) in [5.74, 6) is 3.47. The van der Waals surface area contributed by atoms with E-state index >= 15 is 0 Å². The first kappa shape index (κ1) is 27.8. The van der Waals surface area contributed by atoms with Crippen molar-refractivity contribution in [2.24, 2.45) is 0 Å². The molecule has 5 rings (SSSR count). The molecule has 210 valence electrons. The average Bonchev–Trinajstić information content (AvgIpc) is 3.70. The van der Waals surface area contributed by atoms with Gasteiger partial charge in [0, 0.05) is 19.7 Å². The van der Waals surface area contributed by atoms with E-state index in [1.807, 2.05) is 72.8 Å². The molecule has 1 fully saturated rings. The molecule has 0 unspecified atom stereocenters. The molecule has 0 aliphatic carbocycles. The summed E-state index contributed by atoms with van der Waals surface area (Å²) in [5, 5.41) is 12.3. The number of rotatable bonds is 12. The van der Waals surface area contributed by atoms with Crippen molar-refractivity contribution in [1.29, 1.82) is 0 Å². The van der Waals surface area contributed by atoms with Crippen molar-refractivity contribution in [3.8, 4) is 17.2 Å². The van der Waals surface area contributed by atoms with E-state index in [0.29, 0.717) is 34.9 Å². The van der Waals surface area contributed by atoms with Gasteiger partial charge in [-0.25, -0.2) is 0 Å². The molecule has 1 atom stereocenters. The Kier molecular flexibility index (Phi) is 8.75. The summed E-state index contributed by atoms with van der Waals surface area (Å²) in [6, 6.07) is 26.7. The summed E-state index contributed by atoms with van der Waals surface area (Å²) in [4.78, 5) is 2.33. The van der Waals surface area contributed by atoms with Gasteiger partial charge >= 0.3 is 0 Å². The number of ether oxygens (including phenoxy) is 4. The number of hydrogen-bond donors (Lipinski definition) is 1. The molecule has 40 heavy (non-hydrogen) atoms. The number of benzene rings is 3. The summed E-state index contributed by atoms with van der Waals surface area (Å²) in [5.41, 5.74) is 1.02. The van der Waals surface area contributed by atoms with Crippen molar-refractivity contribution in [3.63, 3.8) is 0 Å². The average molecular weight is 544 g/mol. The zero-order chi connectivity index (χ0) is 28.0. The molecule has 0 amide bonds. The van der Waals surface area contributed by atoms with Gasteiger partial charge in [-0.05, 0) is 78.1 Å². The zero-order valence-corrected chi connectivity index (χ0v) is 23.3. The molecule has 0 radical (unpaired) electrons.